The molecule has 1 aliphatic carbocycles. The zero-order chi connectivity index (χ0) is 18.0. The summed E-state index contributed by atoms with van der Waals surface area (Å²) in [5.41, 5.74) is 1.12. The SMILES string of the molecule is CCC(CC)NC(=O)CSc1nc2sc3c(c2c(=O)[nH]1)CC[C@H](C)C3. The van der Waals surface area contributed by atoms with Crippen LogP contribution in [-0.2, 0) is 17.6 Å². The number of aromatic amines is 1. The topological polar surface area (TPSA) is 74.8 Å². The molecule has 0 spiro atoms. The number of thiophene rings is 1. The van der Waals surface area contributed by atoms with Crippen molar-refractivity contribution in [3.05, 3.63) is 20.8 Å². The van der Waals surface area contributed by atoms with E-state index in [9.17, 15) is 9.59 Å². The maximum atomic E-state index is 12.5. The molecule has 0 aliphatic heterocycles. The van der Waals surface area contributed by atoms with Crippen molar-refractivity contribution in [2.75, 3.05) is 5.75 Å². The predicted octanol–water partition coefficient (Wildman–Crippen LogP) is 3.51. The van der Waals surface area contributed by atoms with Crippen molar-refractivity contribution in [3.63, 3.8) is 0 Å². The number of rotatable bonds is 6. The minimum absolute atomic E-state index is 0.0132. The van der Waals surface area contributed by atoms with Crippen molar-refractivity contribution in [2.24, 2.45) is 5.92 Å². The quantitative estimate of drug-likeness (QED) is 0.595. The normalized spacial score (nSPS) is 17.0. The van der Waals surface area contributed by atoms with Gasteiger partial charge >= 0.3 is 0 Å². The Bertz CT molecular complexity index is 824. The molecule has 1 atom stereocenters. The Hall–Kier alpha value is -1.34. The molecule has 0 aromatic carbocycles. The van der Waals surface area contributed by atoms with E-state index in [0.29, 0.717) is 11.1 Å². The minimum atomic E-state index is -0.0695. The van der Waals surface area contributed by atoms with Crippen LogP contribution in [0.3, 0.4) is 0 Å². The Morgan fingerprint density at radius 3 is 2.92 bits per heavy atom. The van der Waals surface area contributed by atoms with Gasteiger partial charge in [-0.15, -0.1) is 11.3 Å². The van der Waals surface area contributed by atoms with Crippen LogP contribution in [-0.4, -0.2) is 27.7 Å². The van der Waals surface area contributed by atoms with E-state index in [0.717, 1.165) is 42.3 Å². The first-order valence-electron chi connectivity index (χ1n) is 8.98. The van der Waals surface area contributed by atoms with Crippen LogP contribution < -0.4 is 10.9 Å². The molecule has 2 N–H and O–H groups in total. The fourth-order valence-corrected chi connectivity index (χ4v) is 5.41. The van der Waals surface area contributed by atoms with Gasteiger partial charge in [-0.05, 0) is 43.6 Å². The number of carbonyl (C=O) groups is 1. The van der Waals surface area contributed by atoms with Crippen LogP contribution in [0.15, 0.2) is 9.95 Å². The number of amides is 1. The second-order valence-corrected chi connectivity index (χ2v) is 8.82. The maximum absolute atomic E-state index is 12.5. The number of aryl methyl sites for hydroxylation is 1. The molecule has 3 rings (SSSR count). The highest BCUT2D eigenvalue weighted by Gasteiger charge is 2.23. The highest BCUT2D eigenvalue weighted by Crippen LogP contribution is 2.36. The number of carbonyl (C=O) groups excluding carboxylic acids is 1. The van der Waals surface area contributed by atoms with Crippen molar-refractivity contribution in [2.45, 2.75) is 64.1 Å². The molecule has 136 valence electrons. The molecule has 2 heterocycles. The van der Waals surface area contributed by atoms with Gasteiger partial charge in [-0.2, -0.15) is 0 Å². The summed E-state index contributed by atoms with van der Waals surface area (Å²) in [5, 5.41) is 4.30. The molecule has 0 saturated heterocycles. The van der Waals surface area contributed by atoms with E-state index < -0.39 is 0 Å². The lowest BCUT2D eigenvalue weighted by Crippen LogP contribution is -2.35. The van der Waals surface area contributed by atoms with E-state index >= 15 is 0 Å². The second kappa shape index (κ2) is 7.91. The van der Waals surface area contributed by atoms with Crippen LogP contribution in [0.25, 0.3) is 10.2 Å². The van der Waals surface area contributed by atoms with Crippen molar-refractivity contribution in [1.29, 1.82) is 0 Å². The fourth-order valence-electron chi connectivity index (χ4n) is 3.29. The van der Waals surface area contributed by atoms with E-state index in [1.807, 2.05) is 0 Å². The van der Waals surface area contributed by atoms with Gasteiger partial charge in [0.25, 0.3) is 5.56 Å². The van der Waals surface area contributed by atoms with Crippen LogP contribution in [0.4, 0.5) is 0 Å². The molecule has 2 aromatic rings. The van der Waals surface area contributed by atoms with E-state index in [4.69, 9.17) is 0 Å². The molecule has 0 unspecified atom stereocenters. The first-order valence-corrected chi connectivity index (χ1v) is 10.8. The summed E-state index contributed by atoms with van der Waals surface area (Å²) in [6.07, 6.45) is 4.98. The number of hydrogen-bond acceptors (Lipinski definition) is 5. The van der Waals surface area contributed by atoms with Gasteiger partial charge in [0.05, 0.1) is 11.1 Å². The van der Waals surface area contributed by atoms with E-state index in [1.165, 1.54) is 22.2 Å². The van der Waals surface area contributed by atoms with Gasteiger partial charge in [0.15, 0.2) is 5.16 Å². The molecule has 25 heavy (non-hydrogen) atoms. The number of thioether (sulfide) groups is 1. The van der Waals surface area contributed by atoms with E-state index in [1.54, 1.807) is 11.3 Å². The van der Waals surface area contributed by atoms with Crippen LogP contribution in [0, 0.1) is 5.92 Å². The number of fused-ring (bicyclic) bond motifs is 3. The highest BCUT2D eigenvalue weighted by atomic mass is 32.2. The summed E-state index contributed by atoms with van der Waals surface area (Å²) in [7, 11) is 0. The van der Waals surface area contributed by atoms with E-state index in [2.05, 4.69) is 36.1 Å². The molecule has 7 heteroatoms. The van der Waals surface area contributed by atoms with Gasteiger partial charge in [-0.3, -0.25) is 9.59 Å². The molecule has 1 aliphatic rings. The average molecular weight is 380 g/mol. The number of hydrogen-bond donors (Lipinski definition) is 2. The Balaban J connectivity index is 1.75. The molecule has 0 fully saturated rings. The van der Waals surface area contributed by atoms with Gasteiger partial charge in [0.2, 0.25) is 5.91 Å². The Morgan fingerprint density at radius 2 is 2.20 bits per heavy atom. The van der Waals surface area contributed by atoms with Gasteiger partial charge < -0.3 is 10.3 Å². The zero-order valence-electron chi connectivity index (χ0n) is 15.0. The third-order valence-corrected chi connectivity index (χ3v) is 6.86. The number of nitrogens with one attached hydrogen (secondary N) is 2. The van der Waals surface area contributed by atoms with E-state index in [-0.39, 0.29) is 23.3 Å². The molecular weight excluding hydrogens is 354 g/mol. The first-order chi connectivity index (χ1) is 12.0. The fraction of sp³-hybridized carbons (Fsp3) is 0.611. The molecule has 5 nitrogen and oxygen atoms in total. The summed E-state index contributed by atoms with van der Waals surface area (Å²) in [6, 6.07) is 0.216. The lowest BCUT2D eigenvalue weighted by molar-refractivity contribution is -0.119. The van der Waals surface area contributed by atoms with Gasteiger partial charge in [0.1, 0.15) is 4.83 Å². The largest absolute Gasteiger partial charge is 0.353 e. The Morgan fingerprint density at radius 1 is 1.44 bits per heavy atom. The summed E-state index contributed by atoms with van der Waals surface area (Å²) in [4.78, 5) is 34.1. The molecule has 2 aromatic heterocycles. The van der Waals surface area contributed by atoms with Crippen LogP contribution in [0.1, 0.15) is 50.5 Å². The first kappa shape index (κ1) is 18.5. The lowest BCUT2D eigenvalue weighted by Gasteiger charge is -2.17. The maximum Gasteiger partial charge on any atom is 0.260 e. The number of nitrogens with zero attached hydrogens (tertiary/aromatic N) is 1. The summed E-state index contributed by atoms with van der Waals surface area (Å²) < 4.78 is 0. The third-order valence-electron chi connectivity index (χ3n) is 4.83. The predicted molar refractivity (Wildman–Crippen MR) is 105 cm³/mol. The van der Waals surface area contributed by atoms with Crippen LogP contribution >= 0.6 is 23.1 Å². The standard InChI is InChI=1S/C18H25N3O2S2/c1-4-11(5-2)19-14(22)9-24-18-20-16(23)15-12-7-6-10(3)8-13(12)25-17(15)21-18/h10-11H,4-9H2,1-3H3,(H,19,22)(H,20,21,23)/t10-/m0/s1. The average Bonchev–Trinajstić information content (AvgIpc) is 2.95. The summed E-state index contributed by atoms with van der Waals surface area (Å²) >= 11 is 2.93. The highest BCUT2D eigenvalue weighted by molar-refractivity contribution is 7.99. The smallest absolute Gasteiger partial charge is 0.260 e. The molecule has 1 amide bonds. The molecule has 0 saturated carbocycles. The van der Waals surface area contributed by atoms with Gasteiger partial charge in [-0.25, -0.2) is 4.98 Å². The van der Waals surface area contributed by atoms with Gasteiger partial charge in [0, 0.05) is 10.9 Å². The van der Waals surface area contributed by atoms with Crippen LogP contribution in [0.2, 0.25) is 0 Å². The third kappa shape index (κ3) is 4.08. The molecule has 0 radical (unpaired) electrons. The Labute approximate surface area is 156 Å². The Kier molecular flexibility index (Phi) is 5.84. The number of aromatic nitrogens is 2. The monoisotopic (exact) mass is 379 g/mol. The zero-order valence-corrected chi connectivity index (χ0v) is 16.6. The summed E-state index contributed by atoms with van der Waals surface area (Å²) in [6.45, 7) is 6.38. The van der Waals surface area contributed by atoms with Crippen molar-refractivity contribution >= 4 is 39.2 Å². The van der Waals surface area contributed by atoms with Crippen molar-refractivity contribution in [1.82, 2.24) is 15.3 Å². The van der Waals surface area contributed by atoms with Crippen molar-refractivity contribution in [3.8, 4) is 0 Å². The minimum Gasteiger partial charge on any atom is -0.353 e. The lowest BCUT2D eigenvalue weighted by atomic mass is 9.89. The molecule has 0 bridgehead atoms. The van der Waals surface area contributed by atoms with Crippen molar-refractivity contribution < 1.29 is 4.79 Å². The second-order valence-electron chi connectivity index (χ2n) is 6.77. The number of H-pyrrole nitrogens is 1. The summed E-state index contributed by atoms with van der Waals surface area (Å²) in [5.74, 6) is 0.926. The van der Waals surface area contributed by atoms with Crippen LogP contribution in [0.5, 0.6) is 0 Å². The van der Waals surface area contributed by atoms with Gasteiger partial charge in [-0.1, -0.05) is 32.5 Å². The molecular formula is C18H25N3O2S2.